The van der Waals surface area contributed by atoms with Crippen LogP contribution < -0.4 is 5.73 Å². The Kier molecular flexibility index (Phi) is 5.19. The number of hydrogen-bond acceptors (Lipinski definition) is 3. The van der Waals surface area contributed by atoms with Crippen molar-refractivity contribution in [1.82, 2.24) is 0 Å². The number of rotatable bonds is 5. The molecule has 2 nitrogen and oxygen atoms in total. The number of Topliss-reactive ketones (excluding diaryl/α,β-unsaturated/α-hetero) is 1. The van der Waals surface area contributed by atoms with Gasteiger partial charge in [-0.3, -0.25) is 4.79 Å². The third-order valence-electron chi connectivity index (χ3n) is 1.87. The highest BCUT2D eigenvalue weighted by molar-refractivity contribution is 8.00. The van der Waals surface area contributed by atoms with Gasteiger partial charge in [0.25, 0.3) is 0 Å². The summed E-state index contributed by atoms with van der Waals surface area (Å²) in [6.45, 7) is 3.58. The predicted molar refractivity (Wildman–Crippen MR) is 72.7 cm³/mol. The summed E-state index contributed by atoms with van der Waals surface area (Å²) in [6, 6.07) is 3.08. The number of ketones is 1. The second-order valence-electron chi connectivity index (χ2n) is 3.08. The van der Waals surface area contributed by atoms with Gasteiger partial charge < -0.3 is 5.73 Å². The highest BCUT2D eigenvalue weighted by atomic mass is 35.5. The van der Waals surface area contributed by atoms with Crippen LogP contribution in [0.25, 0.3) is 0 Å². The number of thioether (sulfide) groups is 1. The predicted octanol–water partition coefficient (Wildman–Crippen LogP) is 3.68. The fourth-order valence-electron chi connectivity index (χ4n) is 1.06. The molecular formula is C11H11Cl2NOS. The van der Waals surface area contributed by atoms with Gasteiger partial charge in [0.2, 0.25) is 0 Å². The van der Waals surface area contributed by atoms with Crippen molar-refractivity contribution >= 4 is 46.4 Å². The largest absolute Gasteiger partial charge is 0.396 e. The summed E-state index contributed by atoms with van der Waals surface area (Å²) in [7, 11) is 0. The molecule has 0 fully saturated rings. The molecule has 0 heterocycles. The van der Waals surface area contributed by atoms with Gasteiger partial charge in [0, 0.05) is 11.3 Å². The van der Waals surface area contributed by atoms with Crippen molar-refractivity contribution < 1.29 is 4.79 Å². The summed E-state index contributed by atoms with van der Waals surface area (Å²) in [5.74, 6) is 1.10. The molecule has 5 heteroatoms. The maximum Gasteiger partial charge on any atom is 0.172 e. The molecule has 0 saturated carbocycles. The zero-order valence-electron chi connectivity index (χ0n) is 8.50. The fraction of sp³-hybridized carbons (Fsp3) is 0.182. The van der Waals surface area contributed by atoms with E-state index >= 15 is 0 Å². The van der Waals surface area contributed by atoms with Gasteiger partial charge in [-0.05, 0) is 12.1 Å². The van der Waals surface area contributed by atoms with E-state index in [1.165, 1.54) is 11.8 Å². The lowest BCUT2D eigenvalue weighted by atomic mass is 10.1. The number of carbonyl (C=O) groups excluding carboxylic acids is 1. The Hall–Kier alpha value is -0.640. The SMILES string of the molecule is C=CCSCC(=O)c1cc(Cl)c(N)c(Cl)c1. The number of halogens is 2. The van der Waals surface area contributed by atoms with Crippen LogP contribution >= 0.6 is 35.0 Å². The number of nitrogen functional groups attached to an aromatic ring is 1. The zero-order chi connectivity index (χ0) is 12.1. The zero-order valence-corrected chi connectivity index (χ0v) is 10.8. The Labute approximate surface area is 109 Å². The number of carbonyl (C=O) groups is 1. The van der Waals surface area contributed by atoms with E-state index in [2.05, 4.69) is 6.58 Å². The number of hydrogen-bond donors (Lipinski definition) is 1. The molecule has 0 aliphatic carbocycles. The molecule has 86 valence electrons. The summed E-state index contributed by atoms with van der Waals surface area (Å²) in [5, 5.41) is 0.620. The molecule has 0 atom stereocenters. The minimum atomic E-state index is -0.0179. The van der Waals surface area contributed by atoms with E-state index in [1.54, 1.807) is 18.2 Å². The van der Waals surface area contributed by atoms with E-state index in [4.69, 9.17) is 28.9 Å². The molecule has 0 unspecified atom stereocenters. The average molecular weight is 276 g/mol. The first-order valence-electron chi connectivity index (χ1n) is 4.52. The highest BCUT2D eigenvalue weighted by Gasteiger charge is 2.10. The lowest BCUT2D eigenvalue weighted by Crippen LogP contribution is -2.03. The summed E-state index contributed by atoms with van der Waals surface area (Å²) in [6.07, 6.45) is 1.75. The molecule has 0 radical (unpaired) electrons. The van der Waals surface area contributed by atoms with Crippen molar-refractivity contribution in [3.63, 3.8) is 0 Å². The van der Waals surface area contributed by atoms with Crippen LogP contribution in [-0.2, 0) is 0 Å². The Balaban J connectivity index is 2.80. The molecule has 0 aliphatic rings. The van der Waals surface area contributed by atoms with Crippen LogP contribution in [0.3, 0.4) is 0 Å². The minimum Gasteiger partial charge on any atom is -0.396 e. The first kappa shape index (κ1) is 13.4. The maximum atomic E-state index is 11.7. The Morgan fingerprint density at radius 1 is 1.44 bits per heavy atom. The summed E-state index contributed by atoms with van der Waals surface area (Å²) in [5.41, 5.74) is 6.37. The van der Waals surface area contributed by atoms with E-state index in [0.717, 1.165) is 5.75 Å². The standard InChI is InChI=1S/C11H11Cl2NOS/c1-2-3-16-6-10(15)7-4-8(12)11(14)9(13)5-7/h2,4-5H,1,3,6,14H2. The van der Waals surface area contributed by atoms with Crippen molar-refractivity contribution in [2.75, 3.05) is 17.2 Å². The van der Waals surface area contributed by atoms with Crippen LogP contribution in [0, 0.1) is 0 Å². The second-order valence-corrected chi connectivity index (χ2v) is 4.93. The Morgan fingerprint density at radius 3 is 2.50 bits per heavy atom. The molecule has 1 aromatic rings. The van der Waals surface area contributed by atoms with Gasteiger partial charge >= 0.3 is 0 Å². The summed E-state index contributed by atoms with van der Waals surface area (Å²) >= 11 is 13.2. The van der Waals surface area contributed by atoms with Gasteiger partial charge in [-0.2, -0.15) is 0 Å². The summed E-state index contributed by atoms with van der Waals surface area (Å²) < 4.78 is 0. The first-order chi connectivity index (χ1) is 7.56. The van der Waals surface area contributed by atoms with Gasteiger partial charge in [-0.15, -0.1) is 18.3 Å². The molecule has 0 amide bonds. The molecule has 2 N–H and O–H groups in total. The second kappa shape index (κ2) is 6.18. The van der Waals surface area contributed by atoms with Crippen molar-refractivity contribution in [3.05, 3.63) is 40.4 Å². The molecular weight excluding hydrogens is 265 g/mol. The average Bonchev–Trinajstić information content (AvgIpc) is 2.25. The number of benzene rings is 1. The van der Waals surface area contributed by atoms with Crippen LogP contribution in [0.1, 0.15) is 10.4 Å². The highest BCUT2D eigenvalue weighted by Crippen LogP contribution is 2.29. The van der Waals surface area contributed by atoms with Gasteiger partial charge in [-0.25, -0.2) is 0 Å². The van der Waals surface area contributed by atoms with Gasteiger partial charge in [0.05, 0.1) is 21.5 Å². The normalized spacial score (nSPS) is 10.1. The quantitative estimate of drug-likeness (QED) is 0.386. The van der Waals surface area contributed by atoms with E-state index in [9.17, 15) is 4.79 Å². The van der Waals surface area contributed by atoms with Crippen LogP contribution in [0.5, 0.6) is 0 Å². The van der Waals surface area contributed by atoms with E-state index in [1.807, 2.05) is 0 Å². The molecule has 0 spiro atoms. The van der Waals surface area contributed by atoms with Crippen molar-refractivity contribution in [3.8, 4) is 0 Å². The van der Waals surface area contributed by atoms with Crippen LogP contribution in [0.2, 0.25) is 10.0 Å². The van der Waals surface area contributed by atoms with Gasteiger partial charge in [0.15, 0.2) is 5.78 Å². The molecule has 1 aromatic carbocycles. The lowest BCUT2D eigenvalue weighted by molar-refractivity contribution is 0.102. The Morgan fingerprint density at radius 2 is 2.00 bits per heavy atom. The first-order valence-corrected chi connectivity index (χ1v) is 6.43. The fourth-order valence-corrected chi connectivity index (χ4v) is 2.19. The topological polar surface area (TPSA) is 43.1 Å². The van der Waals surface area contributed by atoms with Gasteiger partial charge in [0.1, 0.15) is 0 Å². The van der Waals surface area contributed by atoms with E-state index in [0.29, 0.717) is 27.0 Å². The van der Waals surface area contributed by atoms with E-state index < -0.39 is 0 Å². The van der Waals surface area contributed by atoms with Crippen molar-refractivity contribution in [1.29, 1.82) is 0 Å². The lowest BCUT2D eigenvalue weighted by Gasteiger charge is -2.05. The molecule has 0 bridgehead atoms. The molecule has 0 aliphatic heterocycles. The van der Waals surface area contributed by atoms with Crippen LogP contribution in [0.4, 0.5) is 5.69 Å². The number of anilines is 1. The molecule has 16 heavy (non-hydrogen) atoms. The third kappa shape index (κ3) is 3.44. The Bertz CT molecular complexity index is 397. The smallest absolute Gasteiger partial charge is 0.172 e. The monoisotopic (exact) mass is 275 g/mol. The molecule has 0 aromatic heterocycles. The van der Waals surface area contributed by atoms with Crippen LogP contribution in [0.15, 0.2) is 24.8 Å². The third-order valence-corrected chi connectivity index (χ3v) is 3.43. The van der Waals surface area contributed by atoms with Gasteiger partial charge in [-0.1, -0.05) is 29.3 Å². The summed E-state index contributed by atoms with van der Waals surface area (Å²) in [4.78, 5) is 11.7. The van der Waals surface area contributed by atoms with Crippen LogP contribution in [-0.4, -0.2) is 17.3 Å². The van der Waals surface area contributed by atoms with Crippen molar-refractivity contribution in [2.24, 2.45) is 0 Å². The molecule has 0 saturated heterocycles. The molecule has 1 rings (SSSR count). The van der Waals surface area contributed by atoms with Crippen molar-refractivity contribution in [2.45, 2.75) is 0 Å². The number of nitrogens with two attached hydrogens (primary N) is 1. The van der Waals surface area contributed by atoms with E-state index in [-0.39, 0.29) is 5.78 Å². The minimum absolute atomic E-state index is 0.0179. The maximum absolute atomic E-state index is 11.7.